The molecule has 0 spiro atoms. The van der Waals surface area contributed by atoms with Gasteiger partial charge in [-0.25, -0.2) is 4.98 Å². The third-order valence-corrected chi connectivity index (χ3v) is 5.33. The Morgan fingerprint density at radius 1 is 1.23 bits per heavy atom. The number of hydrogen-bond donors (Lipinski definition) is 1. The van der Waals surface area contributed by atoms with Gasteiger partial charge in [-0.15, -0.1) is 0 Å². The molecule has 0 unspecified atom stereocenters. The third-order valence-electron chi connectivity index (χ3n) is 5.33. The monoisotopic (exact) mass is 351 g/mol. The highest BCUT2D eigenvalue weighted by atomic mass is 16.3. The van der Waals surface area contributed by atoms with E-state index in [0.29, 0.717) is 11.7 Å². The fraction of sp³-hybridized carbons (Fsp3) is 0.429. The summed E-state index contributed by atoms with van der Waals surface area (Å²) in [7, 11) is 0. The number of benzene rings is 1. The van der Waals surface area contributed by atoms with Crippen molar-refractivity contribution in [3.63, 3.8) is 0 Å². The van der Waals surface area contributed by atoms with Crippen molar-refractivity contribution < 1.29 is 9.21 Å². The molecule has 3 aromatic rings. The predicted molar refractivity (Wildman–Crippen MR) is 101 cm³/mol. The summed E-state index contributed by atoms with van der Waals surface area (Å²) in [5.74, 6) is 1.72. The van der Waals surface area contributed by atoms with Crippen LogP contribution in [-0.4, -0.2) is 15.5 Å². The van der Waals surface area contributed by atoms with E-state index in [1.807, 2.05) is 19.1 Å². The average molecular weight is 351 g/mol. The Balaban J connectivity index is 1.62. The van der Waals surface area contributed by atoms with E-state index >= 15 is 0 Å². The molecule has 0 aliphatic heterocycles. The van der Waals surface area contributed by atoms with Crippen LogP contribution in [0.4, 0.5) is 0 Å². The standard InChI is InChI=1S/C21H25N3O2/c1-15(22-21(25)19-12-7-13-26-19)20-23-17-10-5-6-11-18(17)24(20)14-16-8-3-2-4-9-16/h5-7,10-13,15-16H,2-4,8-9,14H2,1H3,(H,22,25)/t15-/m0/s1. The van der Waals surface area contributed by atoms with Crippen LogP contribution in [0.15, 0.2) is 47.1 Å². The lowest BCUT2D eigenvalue weighted by Crippen LogP contribution is -2.29. The zero-order valence-corrected chi connectivity index (χ0v) is 15.1. The fourth-order valence-corrected chi connectivity index (χ4v) is 3.98. The van der Waals surface area contributed by atoms with Crippen molar-refractivity contribution in [1.29, 1.82) is 0 Å². The van der Waals surface area contributed by atoms with E-state index < -0.39 is 0 Å². The number of furan rings is 1. The zero-order valence-electron chi connectivity index (χ0n) is 15.1. The summed E-state index contributed by atoms with van der Waals surface area (Å²) in [6, 6.07) is 11.4. The summed E-state index contributed by atoms with van der Waals surface area (Å²) in [5, 5.41) is 3.02. The molecule has 1 aliphatic rings. The summed E-state index contributed by atoms with van der Waals surface area (Å²) >= 11 is 0. The van der Waals surface area contributed by atoms with E-state index in [1.165, 1.54) is 38.4 Å². The highest BCUT2D eigenvalue weighted by Crippen LogP contribution is 2.29. The van der Waals surface area contributed by atoms with Crippen LogP contribution in [-0.2, 0) is 6.54 Å². The molecule has 1 amide bonds. The normalized spacial score (nSPS) is 16.7. The molecule has 5 nitrogen and oxygen atoms in total. The first-order valence-electron chi connectivity index (χ1n) is 9.52. The van der Waals surface area contributed by atoms with Crippen LogP contribution in [0.1, 0.15) is 61.4 Å². The molecule has 1 fully saturated rings. The van der Waals surface area contributed by atoms with Gasteiger partial charge >= 0.3 is 0 Å². The Hall–Kier alpha value is -2.56. The number of nitrogens with zero attached hydrogens (tertiary/aromatic N) is 2. The van der Waals surface area contributed by atoms with Gasteiger partial charge in [0.25, 0.3) is 5.91 Å². The summed E-state index contributed by atoms with van der Waals surface area (Å²) in [6.45, 7) is 2.95. The summed E-state index contributed by atoms with van der Waals surface area (Å²) in [4.78, 5) is 17.2. The van der Waals surface area contributed by atoms with Crippen LogP contribution in [0.5, 0.6) is 0 Å². The average Bonchev–Trinajstić information content (AvgIpc) is 3.31. The van der Waals surface area contributed by atoms with E-state index in [-0.39, 0.29) is 11.9 Å². The summed E-state index contributed by atoms with van der Waals surface area (Å²) in [6.07, 6.45) is 8.05. The minimum atomic E-state index is -0.209. The number of amides is 1. The zero-order chi connectivity index (χ0) is 17.9. The molecule has 26 heavy (non-hydrogen) atoms. The van der Waals surface area contributed by atoms with Crippen molar-refractivity contribution in [3.8, 4) is 0 Å². The molecule has 0 bridgehead atoms. The van der Waals surface area contributed by atoms with Gasteiger partial charge in [0.15, 0.2) is 5.76 Å². The van der Waals surface area contributed by atoms with Gasteiger partial charge in [0, 0.05) is 6.54 Å². The summed E-state index contributed by atoms with van der Waals surface area (Å²) < 4.78 is 7.51. The van der Waals surface area contributed by atoms with Crippen LogP contribution in [0, 0.1) is 5.92 Å². The first-order chi connectivity index (χ1) is 12.7. The molecule has 136 valence electrons. The van der Waals surface area contributed by atoms with Crippen molar-refractivity contribution in [1.82, 2.24) is 14.9 Å². The molecule has 1 aromatic carbocycles. The minimum Gasteiger partial charge on any atom is -0.459 e. The van der Waals surface area contributed by atoms with Crippen LogP contribution in [0.2, 0.25) is 0 Å². The van der Waals surface area contributed by atoms with Crippen molar-refractivity contribution >= 4 is 16.9 Å². The number of fused-ring (bicyclic) bond motifs is 1. The minimum absolute atomic E-state index is 0.191. The van der Waals surface area contributed by atoms with Gasteiger partial charge in [-0.1, -0.05) is 31.4 Å². The first-order valence-corrected chi connectivity index (χ1v) is 9.52. The number of nitrogens with one attached hydrogen (secondary N) is 1. The second kappa shape index (κ2) is 7.36. The van der Waals surface area contributed by atoms with E-state index in [0.717, 1.165) is 23.4 Å². The Labute approximate surface area is 153 Å². The second-order valence-corrected chi connectivity index (χ2v) is 7.25. The van der Waals surface area contributed by atoms with Gasteiger partial charge in [0.05, 0.1) is 23.3 Å². The molecule has 2 heterocycles. The molecule has 2 aromatic heterocycles. The van der Waals surface area contributed by atoms with Gasteiger partial charge < -0.3 is 14.3 Å². The van der Waals surface area contributed by atoms with Crippen molar-refractivity contribution in [2.75, 3.05) is 0 Å². The lowest BCUT2D eigenvalue weighted by Gasteiger charge is -2.24. The molecule has 0 radical (unpaired) electrons. The number of hydrogen-bond acceptors (Lipinski definition) is 3. The molecular formula is C21H25N3O2. The smallest absolute Gasteiger partial charge is 0.287 e. The van der Waals surface area contributed by atoms with Crippen molar-refractivity contribution in [2.45, 2.75) is 51.6 Å². The van der Waals surface area contributed by atoms with E-state index in [4.69, 9.17) is 9.40 Å². The molecule has 1 aliphatic carbocycles. The van der Waals surface area contributed by atoms with Gasteiger partial charge in [-0.2, -0.15) is 0 Å². The number of aromatic nitrogens is 2. The van der Waals surface area contributed by atoms with E-state index in [1.54, 1.807) is 12.1 Å². The van der Waals surface area contributed by atoms with Crippen LogP contribution < -0.4 is 5.32 Å². The Morgan fingerprint density at radius 3 is 2.81 bits per heavy atom. The van der Waals surface area contributed by atoms with Crippen LogP contribution >= 0.6 is 0 Å². The Kier molecular flexibility index (Phi) is 4.78. The Morgan fingerprint density at radius 2 is 2.04 bits per heavy atom. The lowest BCUT2D eigenvalue weighted by molar-refractivity contribution is 0.0909. The molecule has 5 heteroatoms. The van der Waals surface area contributed by atoms with Gasteiger partial charge in [0.2, 0.25) is 0 Å². The van der Waals surface area contributed by atoms with Crippen LogP contribution in [0.25, 0.3) is 11.0 Å². The van der Waals surface area contributed by atoms with Crippen molar-refractivity contribution in [2.24, 2.45) is 5.92 Å². The van der Waals surface area contributed by atoms with E-state index in [9.17, 15) is 4.79 Å². The maximum atomic E-state index is 12.4. The predicted octanol–water partition coefficient (Wildman–Crippen LogP) is 4.70. The SMILES string of the molecule is C[C@H](NC(=O)c1ccco1)c1nc2ccccc2n1CC1CCCCC1. The van der Waals surface area contributed by atoms with Crippen LogP contribution in [0.3, 0.4) is 0 Å². The maximum Gasteiger partial charge on any atom is 0.287 e. The topological polar surface area (TPSA) is 60.1 Å². The molecule has 1 saturated carbocycles. The number of carbonyl (C=O) groups is 1. The molecular weight excluding hydrogens is 326 g/mol. The number of imidazole rings is 1. The van der Waals surface area contributed by atoms with Crippen molar-refractivity contribution in [3.05, 3.63) is 54.2 Å². The molecule has 4 rings (SSSR count). The Bertz CT molecular complexity index is 876. The molecule has 0 saturated heterocycles. The quantitative estimate of drug-likeness (QED) is 0.725. The largest absolute Gasteiger partial charge is 0.459 e. The third kappa shape index (κ3) is 3.39. The second-order valence-electron chi connectivity index (χ2n) is 7.25. The van der Waals surface area contributed by atoms with Gasteiger partial charge in [-0.3, -0.25) is 4.79 Å². The molecule has 1 atom stereocenters. The van der Waals surface area contributed by atoms with Gasteiger partial charge in [-0.05, 0) is 49.9 Å². The maximum absolute atomic E-state index is 12.4. The lowest BCUT2D eigenvalue weighted by atomic mass is 9.89. The summed E-state index contributed by atoms with van der Waals surface area (Å²) in [5.41, 5.74) is 2.13. The van der Waals surface area contributed by atoms with E-state index in [2.05, 4.69) is 22.0 Å². The highest BCUT2D eigenvalue weighted by molar-refractivity contribution is 5.91. The van der Waals surface area contributed by atoms with Gasteiger partial charge in [0.1, 0.15) is 5.82 Å². The first kappa shape index (κ1) is 16.9. The fourth-order valence-electron chi connectivity index (χ4n) is 3.98. The number of para-hydroxylation sites is 2. The highest BCUT2D eigenvalue weighted by Gasteiger charge is 2.22. The number of carbonyl (C=O) groups excluding carboxylic acids is 1. The number of rotatable bonds is 5. The molecule has 1 N–H and O–H groups in total.